The van der Waals surface area contributed by atoms with Gasteiger partial charge in [0.05, 0.1) is 6.10 Å². The fourth-order valence-electron chi connectivity index (χ4n) is 4.09. The first-order chi connectivity index (χ1) is 6.29. The molecule has 0 aromatic rings. The Morgan fingerprint density at radius 1 is 1.23 bits per heavy atom. The van der Waals surface area contributed by atoms with Crippen LogP contribution in [0.15, 0.2) is 12.2 Å². The van der Waals surface area contributed by atoms with E-state index in [1.807, 2.05) is 7.11 Å². The number of rotatable bonds is 1. The minimum absolute atomic E-state index is 0.514. The molecule has 72 valence electrons. The van der Waals surface area contributed by atoms with Gasteiger partial charge in [-0.1, -0.05) is 12.2 Å². The molecular formula is C12H18O. The van der Waals surface area contributed by atoms with Crippen molar-refractivity contribution in [1.29, 1.82) is 0 Å². The number of hydrogen-bond acceptors (Lipinski definition) is 1. The van der Waals surface area contributed by atoms with Crippen LogP contribution in [-0.2, 0) is 4.74 Å². The molecule has 4 aliphatic carbocycles. The van der Waals surface area contributed by atoms with Gasteiger partial charge in [0.2, 0.25) is 0 Å². The zero-order valence-electron chi connectivity index (χ0n) is 8.33. The SMILES string of the molecule is C=C1[C@H]2C[C@@H]3C[C@H](C2)[C@@H](OC)[C@H]1C3. The first kappa shape index (κ1) is 8.05. The van der Waals surface area contributed by atoms with Gasteiger partial charge in [0.1, 0.15) is 0 Å². The lowest BCUT2D eigenvalue weighted by Gasteiger charge is -2.54. The molecule has 0 aliphatic heterocycles. The van der Waals surface area contributed by atoms with Crippen LogP contribution < -0.4 is 0 Å². The normalized spacial score (nSPS) is 53.0. The second-order valence-corrected chi connectivity index (χ2v) is 5.15. The summed E-state index contributed by atoms with van der Waals surface area (Å²) in [5, 5.41) is 0. The van der Waals surface area contributed by atoms with E-state index in [1.165, 1.54) is 31.3 Å². The molecule has 0 spiro atoms. The Morgan fingerprint density at radius 2 is 2.08 bits per heavy atom. The predicted octanol–water partition coefficient (Wildman–Crippen LogP) is 2.62. The van der Waals surface area contributed by atoms with Crippen molar-refractivity contribution in [2.75, 3.05) is 7.11 Å². The lowest BCUT2D eigenvalue weighted by molar-refractivity contribution is -0.0800. The molecule has 0 heterocycles. The first-order valence-electron chi connectivity index (χ1n) is 5.51. The van der Waals surface area contributed by atoms with E-state index < -0.39 is 0 Å². The van der Waals surface area contributed by atoms with Crippen molar-refractivity contribution >= 4 is 0 Å². The highest BCUT2D eigenvalue weighted by molar-refractivity contribution is 5.19. The van der Waals surface area contributed by atoms with E-state index in [-0.39, 0.29) is 0 Å². The Kier molecular flexibility index (Phi) is 1.61. The van der Waals surface area contributed by atoms with Crippen LogP contribution in [0.5, 0.6) is 0 Å². The Balaban J connectivity index is 1.94. The van der Waals surface area contributed by atoms with Gasteiger partial charge >= 0.3 is 0 Å². The highest BCUT2D eigenvalue weighted by atomic mass is 16.5. The van der Waals surface area contributed by atoms with Gasteiger partial charge < -0.3 is 4.74 Å². The topological polar surface area (TPSA) is 9.23 Å². The standard InChI is InChI=1S/C12H18O/c1-7-9-3-8-4-10(6-9)12(13-2)11(7)5-8/h8-12H,1,3-6H2,2H3/t8-,9+,10-,11+,12-/m1/s1. The van der Waals surface area contributed by atoms with Gasteiger partial charge in [0.15, 0.2) is 0 Å². The Bertz CT molecular complexity index is 246. The maximum Gasteiger partial charge on any atom is 0.0665 e. The molecule has 0 radical (unpaired) electrons. The Hall–Kier alpha value is -0.300. The van der Waals surface area contributed by atoms with Crippen molar-refractivity contribution in [2.45, 2.75) is 31.8 Å². The van der Waals surface area contributed by atoms with Crippen LogP contribution in [0, 0.1) is 23.7 Å². The molecule has 4 bridgehead atoms. The second kappa shape index (κ2) is 2.60. The third-order valence-corrected chi connectivity index (χ3v) is 4.56. The van der Waals surface area contributed by atoms with Crippen molar-refractivity contribution in [3.8, 4) is 0 Å². The average Bonchev–Trinajstić information content (AvgIpc) is 2.13. The van der Waals surface area contributed by atoms with Gasteiger partial charge in [-0.25, -0.2) is 0 Å². The fraction of sp³-hybridized carbons (Fsp3) is 0.833. The summed E-state index contributed by atoms with van der Waals surface area (Å²) >= 11 is 0. The summed E-state index contributed by atoms with van der Waals surface area (Å²) in [6.45, 7) is 4.27. The highest BCUT2D eigenvalue weighted by Gasteiger charge is 2.50. The highest BCUT2D eigenvalue weighted by Crippen LogP contribution is 2.56. The van der Waals surface area contributed by atoms with Gasteiger partial charge in [-0.05, 0) is 43.4 Å². The summed E-state index contributed by atoms with van der Waals surface area (Å²) in [4.78, 5) is 0. The summed E-state index contributed by atoms with van der Waals surface area (Å²) in [6, 6.07) is 0. The Morgan fingerprint density at radius 3 is 2.85 bits per heavy atom. The van der Waals surface area contributed by atoms with Crippen LogP contribution in [0.4, 0.5) is 0 Å². The van der Waals surface area contributed by atoms with Gasteiger partial charge in [-0.2, -0.15) is 0 Å². The molecule has 0 saturated heterocycles. The third kappa shape index (κ3) is 0.969. The van der Waals surface area contributed by atoms with Crippen molar-refractivity contribution in [3.63, 3.8) is 0 Å². The van der Waals surface area contributed by atoms with Crippen LogP contribution in [0.25, 0.3) is 0 Å². The first-order valence-corrected chi connectivity index (χ1v) is 5.51. The van der Waals surface area contributed by atoms with Gasteiger partial charge in [0.25, 0.3) is 0 Å². The van der Waals surface area contributed by atoms with Gasteiger partial charge in [-0.15, -0.1) is 0 Å². The van der Waals surface area contributed by atoms with E-state index >= 15 is 0 Å². The minimum atomic E-state index is 0.514. The molecule has 5 atom stereocenters. The van der Waals surface area contributed by atoms with E-state index in [0.29, 0.717) is 12.0 Å². The molecule has 0 amide bonds. The summed E-state index contributed by atoms with van der Waals surface area (Å²) in [5.74, 6) is 3.43. The quantitative estimate of drug-likeness (QED) is 0.561. The third-order valence-electron chi connectivity index (χ3n) is 4.56. The molecular weight excluding hydrogens is 160 g/mol. The summed E-state index contributed by atoms with van der Waals surface area (Å²) < 4.78 is 5.64. The average molecular weight is 178 g/mol. The lowest BCUT2D eigenvalue weighted by Crippen LogP contribution is -2.50. The number of methoxy groups -OCH3 is 1. The van der Waals surface area contributed by atoms with Crippen molar-refractivity contribution in [1.82, 2.24) is 0 Å². The molecule has 4 aliphatic rings. The molecule has 1 nitrogen and oxygen atoms in total. The largest absolute Gasteiger partial charge is 0.381 e. The van der Waals surface area contributed by atoms with E-state index in [1.54, 1.807) is 0 Å². The molecule has 0 aromatic heterocycles. The summed E-state index contributed by atoms with van der Waals surface area (Å²) in [7, 11) is 1.88. The molecule has 0 unspecified atom stereocenters. The molecule has 0 aromatic carbocycles. The molecule has 1 heteroatoms. The van der Waals surface area contributed by atoms with E-state index in [9.17, 15) is 0 Å². The molecule has 4 fully saturated rings. The zero-order chi connectivity index (χ0) is 9.00. The monoisotopic (exact) mass is 178 g/mol. The van der Waals surface area contributed by atoms with E-state index in [0.717, 1.165) is 17.8 Å². The smallest absolute Gasteiger partial charge is 0.0665 e. The Labute approximate surface area is 80.2 Å². The number of hydrogen-bond donors (Lipinski definition) is 0. The van der Waals surface area contributed by atoms with E-state index in [2.05, 4.69) is 6.58 Å². The van der Waals surface area contributed by atoms with Crippen LogP contribution in [0.1, 0.15) is 25.7 Å². The van der Waals surface area contributed by atoms with Crippen molar-refractivity contribution < 1.29 is 4.74 Å². The van der Waals surface area contributed by atoms with Crippen LogP contribution in [-0.4, -0.2) is 13.2 Å². The summed E-state index contributed by atoms with van der Waals surface area (Å²) in [6.07, 6.45) is 6.11. The van der Waals surface area contributed by atoms with Crippen molar-refractivity contribution in [3.05, 3.63) is 12.2 Å². The maximum absolute atomic E-state index is 5.64. The fourth-order valence-corrected chi connectivity index (χ4v) is 4.09. The summed E-state index contributed by atoms with van der Waals surface area (Å²) in [5.41, 5.74) is 1.51. The maximum atomic E-state index is 5.64. The molecule has 4 rings (SSSR count). The molecule has 0 N–H and O–H groups in total. The van der Waals surface area contributed by atoms with Crippen LogP contribution >= 0.6 is 0 Å². The van der Waals surface area contributed by atoms with Gasteiger partial charge in [0, 0.05) is 13.0 Å². The predicted molar refractivity (Wildman–Crippen MR) is 52.4 cm³/mol. The zero-order valence-corrected chi connectivity index (χ0v) is 8.33. The van der Waals surface area contributed by atoms with Crippen molar-refractivity contribution in [2.24, 2.45) is 23.7 Å². The van der Waals surface area contributed by atoms with Gasteiger partial charge in [-0.3, -0.25) is 0 Å². The lowest BCUT2D eigenvalue weighted by atomic mass is 9.53. The minimum Gasteiger partial charge on any atom is -0.381 e. The second-order valence-electron chi connectivity index (χ2n) is 5.15. The number of ether oxygens (including phenoxy) is 1. The van der Waals surface area contributed by atoms with Crippen LogP contribution in [0.2, 0.25) is 0 Å². The molecule has 13 heavy (non-hydrogen) atoms. The molecule has 4 saturated carbocycles. The van der Waals surface area contributed by atoms with Crippen LogP contribution in [0.3, 0.4) is 0 Å². The van der Waals surface area contributed by atoms with E-state index in [4.69, 9.17) is 4.74 Å².